The molecular weight excluding hydrogens is 357 g/mol. The fourth-order valence-electron chi connectivity index (χ4n) is 2.98. The van der Waals surface area contributed by atoms with E-state index in [0.29, 0.717) is 12.8 Å². The number of hydrogen-bond donors (Lipinski definition) is 2. The van der Waals surface area contributed by atoms with E-state index in [1.807, 2.05) is 18.2 Å². The van der Waals surface area contributed by atoms with Crippen molar-refractivity contribution in [2.24, 2.45) is 5.73 Å². The standard InChI is InChI=1S/C14H16N2O3.C2HF3O2/c1-19-14(18)11-7-9-4-2-3-8-5-6-10(15)13(17)16(11)12(8)9;3-2(4,5)1(6)7/h2-4,10-11H,5-7,15H2,1H3;(H,6,7)/t10-,11-;/m0./s1. The lowest BCUT2D eigenvalue weighted by atomic mass is 10.0. The quantitative estimate of drug-likeness (QED) is 0.711. The van der Waals surface area contributed by atoms with Crippen LogP contribution in [0.4, 0.5) is 18.9 Å². The van der Waals surface area contributed by atoms with Crippen molar-refractivity contribution < 1.29 is 37.4 Å². The van der Waals surface area contributed by atoms with E-state index in [-0.39, 0.29) is 11.9 Å². The number of halogens is 3. The molecular formula is C16H17F3N2O5. The summed E-state index contributed by atoms with van der Waals surface area (Å²) >= 11 is 0. The van der Waals surface area contributed by atoms with Crippen LogP contribution in [0.25, 0.3) is 0 Å². The Morgan fingerprint density at radius 2 is 1.88 bits per heavy atom. The number of rotatable bonds is 1. The molecule has 10 heteroatoms. The Morgan fingerprint density at radius 1 is 1.31 bits per heavy atom. The number of hydrogen-bond acceptors (Lipinski definition) is 5. The molecule has 142 valence electrons. The van der Waals surface area contributed by atoms with Crippen molar-refractivity contribution in [1.29, 1.82) is 0 Å². The molecule has 2 aliphatic rings. The van der Waals surface area contributed by atoms with Crippen LogP contribution in [-0.4, -0.2) is 48.3 Å². The van der Waals surface area contributed by atoms with Crippen molar-refractivity contribution in [2.45, 2.75) is 37.5 Å². The summed E-state index contributed by atoms with van der Waals surface area (Å²) in [7, 11) is 1.34. The highest BCUT2D eigenvalue weighted by molar-refractivity contribution is 6.05. The van der Waals surface area contributed by atoms with E-state index in [1.54, 1.807) is 4.90 Å². The van der Waals surface area contributed by atoms with Crippen LogP contribution >= 0.6 is 0 Å². The minimum atomic E-state index is -5.08. The monoisotopic (exact) mass is 374 g/mol. The third kappa shape index (κ3) is 3.79. The van der Waals surface area contributed by atoms with Gasteiger partial charge in [0.1, 0.15) is 6.04 Å². The Hall–Kier alpha value is -2.62. The molecule has 0 saturated carbocycles. The zero-order valence-electron chi connectivity index (χ0n) is 13.7. The largest absolute Gasteiger partial charge is 0.490 e. The van der Waals surface area contributed by atoms with E-state index in [1.165, 1.54) is 7.11 Å². The number of carboxylic acid groups (broad SMARTS) is 1. The topological polar surface area (TPSA) is 110 Å². The highest BCUT2D eigenvalue weighted by atomic mass is 19.4. The highest BCUT2D eigenvalue weighted by Crippen LogP contribution is 2.38. The lowest BCUT2D eigenvalue weighted by molar-refractivity contribution is -0.192. The summed E-state index contributed by atoms with van der Waals surface area (Å²) in [5, 5.41) is 7.12. The summed E-state index contributed by atoms with van der Waals surface area (Å²) in [5.41, 5.74) is 8.89. The third-order valence-corrected chi connectivity index (χ3v) is 4.16. The first-order valence-corrected chi connectivity index (χ1v) is 7.65. The molecule has 0 aromatic heterocycles. The second-order valence-electron chi connectivity index (χ2n) is 5.82. The summed E-state index contributed by atoms with van der Waals surface area (Å²) in [6.07, 6.45) is -3.20. The molecule has 0 aliphatic carbocycles. The van der Waals surface area contributed by atoms with Crippen LogP contribution in [0.5, 0.6) is 0 Å². The summed E-state index contributed by atoms with van der Waals surface area (Å²) in [5.74, 6) is -3.32. The number of nitrogens with zero attached hydrogens (tertiary/aromatic N) is 1. The Kier molecular flexibility index (Phi) is 5.55. The van der Waals surface area contributed by atoms with Gasteiger partial charge in [0.05, 0.1) is 18.8 Å². The number of benzene rings is 1. The maximum Gasteiger partial charge on any atom is 0.490 e. The van der Waals surface area contributed by atoms with Crippen LogP contribution in [0.1, 0.15) is 17.5 Å². The number of ether oxygens (including phenoxy) is 1. The lowest BCUT2D eigenvalue weighted by Crippen LogP contribution is -2.49. The molecule has 1 aromatic carbocycles. The van der Waals surface area contributed by atoms with E-state index in [0.717, 1.165) is 23.2 Å². The van der Waals surface area contributed by atoms with Crippen LogP contribution < -0.4 is 10.6 Å². The van der Waals surface area contributed by atoms with Gasteiger partial charge >= 0.3 is 18.1 Å². The third-order valence-electron chi connectivity index (χ3n) is 4.16. The molecule has 2 heterocycles. The Bertz CT molecular complexity index is 735. The average Bonchev–Trinajstić information content (AvgIpc) is 2.92. The molecule has 1 aromatic rings. The van der Waals surface area contributed by atoms with Crippen molar-refractivity contribution >= 4 is 23.5 Å². The van der Waals surface area contributed by atoms with Crippen LogP contribution in [0.2, 0.25) is 0 Å². The van der Waals surface area contributed by atoms with Crippen molar-refractivity contribution in [1.82, 2.24) is 0 Å². The van der Waals surface area contributed by atoms with Gasteiger partial charge in [-0.05, 0) is 24.0 Å². The van der Waals surface area contributed by atoms with E-state index < -0.39 is 24.2 Å². The summed E-state index contributed by atoms with van der Waals surface area (Å²) in [4.78, 5) is 34.7. The molecule has 0 radical (unpaired) electrons. The number of nitrogens with two attached hydrogens (primary N) is 1. The number of methoxy groups -OCH3 is 1. The molecule has 1 amide bonds. The van der Waals surface area contributed by atoms with Gasteiger partial charge in [0.15, 0.2) is 0 Å². The maximum atomic E-state index is 12.4. The molecule has 2 aliphatic heterocycles. The van der Waals surface area contributed by atoms with Crippen LogP contribution in [0.3, 0.4) is 0 Å². The number of aliphatic carboxylic acids is 1. The summed E-state index contributed by atoms with van der Waals surface area (Å²) < 4.78 is 36.5. The van der Waals surface area contributed by atoms with Gasteiger partial charge in [-0.15, -0.1) is 0 Å². The van der Waals surface area contributed by atoms with Gasteiger partial charge < -0.3 is 15.6 Å². The minimum absolute atomic E-state index is 0.181. The number of esters is 1. The van der Waals surface area contributed by atoms with Gasteiger partial charge in [-0.25, -0.2) is 9.59 Å². The SMILES string of the molecule is COC(=O)[C@@H]1Cc2cccc3c2N1C(=O)[C@@H](N)CC3.O=C(O)C(F)(F)F. The maximum absolute atomic E-state index is 12.4. The zero-order valence-corrected chi connectivity index (χ0v) is 13.7. The van der Waals surface area contributed by atoms with Crippen molar-refractivity contribution in [3.05, 3.63) is 29.3 Å². The molecule has 2 atom stereocenters. The molecule has 0 spiro atoms. The predicted octanol–water partition coefficient (Wildman–Crippen LogP) is 1.02. The number of para-hydroxylation sites is 1. The van der Waals surface area contributed by atoms with Gasteiger partial charge in [-0.2, -0.15) is 13.2 Å². The molecule has 0 fully saturated rings. The lowest BCUT2D eigenvalue weighted by Gasteiger charge is -2.25. The fraction of sp³-hybridized carbons (Fsp3) is 0.438. The van der Waals surface area contributed by atoms with Crippen LogP contribution in [0.15, 0.2) is 18.2 Å². The molecule has 3 rings (SSSR count). The van der Waals surface area contributed by atoms with E-state index in [9.17, 15) is 22.8 Å². The van der Waals surface area contributed by atoms with Crippen molar-refractivity contribution in [2.75, 3.05) is 12.0 Å². The second kappa shape index (κ2) is 7.32. The zero-order chi connectivity index (χ0) is 19.6. The molecule has 0 unspecified atom stereocenters. The first-order chi connectivity index (χ1) is 12.1. The van der Waals surface area contributed by atoms with Gasteiger partial charge in [0, 0.05) is 6.42 Å². The fourth-order valence-corrected chi connectivity index (χ4v) is 2.98. The summed E-state index contributed by atoms with van der Waals surface area (Å²) in [6.45, 7) is 0. The van der Waals surface area contributed by atoms with Gasteiger partial charge in [-0.1, -0.05) is 18.2 Å². The Morgan fingerprint density at radius 3 is 2.42 bits per heavy atom. The number of alkyl halides is 3. The normalized spacial score (nSPS) is 21.3. The number of aryl methyl sites for hydroxylation is 1. The average molecular weight is 374 g/mol. The molecule has 7 nitrogen and oxygen atoms in total. The van der Waals surface area contributed by atoms with Crippen LogP contribution in [0, 0.1) is 0 Å². The number of carbonyl (C=O) groups excluding carboxylic acids is 2. The first kappa shape index (κ1) is 19.7. The first-order valence-electron chi connectivity index (χ1n) is 7.65. The van der Waals surface area contributed by atoms with Crippen LogP contribution in [-0.2, 0) is 32.0 Å². The van der Waals surface area contributed by atoms with Crippen molar-refractivity contribution in [3.63, 3.8) is 0 Å². The van der Waals surface area contributed by atoms with Gasteiger partial charge in [-0.3, -0.25) is 9.69 Å². The molecule has 0 bridgehead atoms. The number of carbonyl (C=O) groups is 3. The number of carboxylic acids is 1. The van der Waals surface area contributed by atoms with Crippen molar-refractivity contribution in [3.8, 4) is 0 Å². The van der Waals surface area contributed by atoms with E-state index in [2.05, 4.69) is 0 Å². The minimum Gasteiger partial charge on any atom is -0.475 e. The number of anilines is 1. The molecule has 3 N–H and O–H groups in total. The Labute approximate surface area is 146 Å². The van der Waals surface area contributed by atoms with E-state index >= 15 is 0 Å². The molecule has 0 saturated heterocycles. The van der Waals surface area contributed by atoms with Gasteiger partial charge in [0.25, 0.3) is 0 Å². The van der Waals surface area contributed by atoms with Gasteiger partial charge in [0.2, 0.25) is 5.91 Å². The highest BCUT2D eigenvalue weighted by Gasteiger charge is 2.43. The van der Waals surface area contributed by atoms with E-state index in [4.69, 9.17) is 20.4 Å². The Balaban J connectivity index is 0.000000298. The smallest absolute Gasteiger partial charge is 0.475 e. The number of amides is 1. The summed E-state index contributed by atoms with van der Waals surface area (Å²) in [6, 6.07) is 4.80. The predicted molar refractivity (Wildman–Crippen MR) is 83.4 cm³/mol. The second-order valence-corrected chi connectivity index (χ2v) is 5.82. The molecule has 26 heavy (non-hydrogen) atoms.